The van der Waals surface area contributed by atoms with E-state index < -0.39 is 5.60 Å². The largest absolute Gasteiger partial charge is 0.478 e. The summed E-state index contributed by atoms with van der Waals surface area (Å²) in [5, 5.41) is 12.3. The first kappa shape index (κ1) is 24.7. The summed E-state index contributed by atoms with van der Waals surface area (Å²) in [5.41, 5.74) is 4.02. The Labute approximate surface area is 214 Å². The molecule has 7 nitrogen and oxygen atoms in total. The summed E-state index contributed by atoms with van der Waals surface area (Å²) in [5.74, 6) is 0.373. The highest BCUT2D eigenvalue weighted by atomic mass is 79.9. The Morgan fingerprint density at radius 1 is 1.00 bits per heavy atom. The number of fused-ring (bicyclic) bond motifs is 1. The molecule has 3 aromatic carbocycles. The van der Waals surface area contributed by atoms with E-state index in [9.17, 15) is 4.79 Å². The van der Waals surface area contributed by atoms with Crippen molar-refractivity contribution in [2.24, 2.45) is 0 Å². The standard InChI is InChI=1S/C27H30BrN5O2/c1-6-32(7-2)20-10-12-21(13-11-20)33-30-24-16-18(3)23(17-25(24)31-33)29-26(34)27(4,5)35-22-14-8-19(28)9-15-22/h8-17H,6-7H2,1-5H3,(H,29,34). The topological polar surface area (TPSA) is 72.3 Å². The zero-order valence-electron chi connectivity index (χ0n) is 20.7. The second-order valence-corrected chi connectivity index (χ2v) is 9.77. The molecule has 0 aliphatic heterocycles. The molecule has 0 unspecified atom stereocenters. The number of hydrogen-bond acceptors (Lipinski definition) is 5. The van der Waals surface area contributed by atoms with Gasteiger partial charge in [0.25, 0.3) is 5.91 Å². The number of ether oxygens (including phenoxy) is 1. The number of carbonyl (C=O) groups excluding carboxylic acids is 1. The second-order valence-electron chi connectivity index (χ2n) is 8.85. The van der Waals surface area contributed by atoms with Crippen LogP contribution in [0.15, 0.2) is 65.1 Å². The van der Waals surface area contributed by atoms with Gasteiger partial charge in [0.05, 0.1) is 5.69 Å². The molecule has 0 saturated carbocycles. The van der Waals surface area contributed by atoms with E-state index in [0.29, 0.717) is 17.0 Å². The molecule has 1 N–H and O–H groups in total. The lowest BCUT2D eigenvalue weighted by atomic mass is 10.1. The molecule has 4 aromatic rings. The molecular weight excluding hydrogens is 506 g/mol. The van der Waals surface area contributed by atoms with Crippen LogP contribution in [-0.4, -0.2) is 39.6 Å². The number of hydrogen-bond donors (Lipinski definition) is 1. The Morgan fingerprint density at radius 2 is 1.60 bits per heavy atom. The van der Waals surface area contributed by atoms with Crippen LogP contribution in [0.2, 0.25) is 0 Å². The monoisotopic (exact) mass is 535 g/mol. The smallest absolute Gasteiger partial charge is 0.267 e. The zero-order valence-corrected chi connectivity index (χ0v) is 22.3. The van der Waals surface area contributed by atoms with Gasteiger partial charge in [-0.1, -0.05) is 15.9 Å². The number of rotatable bonds is 8. The molecule has 1 amide bonds. The first-order chi connectivity index (χ1) is 16.7. The molecule has 182 valence electrons. The third-order valence-electron chi connectivity index (χ3n) is 5.92. The van der Waals surface area contributed by atoms with Crippen molar-refractivity contribution in [3.63, 3.8) is 0 Å². The summed E-state index contributed by atoms with van der Waals surface area (Å²) in [6.07, 6.45) is 0. The lowest BCUT2D eigenvalue weighted by molar-refractivity contribution is -0.128. The van der Waals surface area contributed by atoms with Gasteiger partial charge in [0.2, 0.25) is 0 Å². The molecule has 1 aromatic heterocycles. The molecule has 0 spiro atoms. The third kappa shape index (κ3) is 5.48. The Morgan fingerprint density at radius 3 is 2.20 bits per heavy atom. The summed E-state index contributed by atoms with van der Waals surface area (Å²) in [7, 11) is 0. The number of halogens is 1. The van der Waals surface area contributed by atoms with E-state index in [4.69, 9.17) is 4.74 Å². The molecule has 0 bridgehead atoms. The third-order valence-corrected chi connectivity index (χ3v) is 6.45. The van der Waals surface area contributed by atoms with Crippen LogP contribution < -0.4 is 15.0 Å². The predicted octanol–water partition coefficient (Wildman–Crippen LogP) is 6.13. The van der Waals surface area contributed by atoms with E-state index in [-0.39, 0.29) is 5.91 Å². The molecule has 0 atom stereocenters. The van der Waals surface area contributed by atoms with Crippen LogP contribution in [0.25, 0.3) is 16.7 Å². The van der Waals surface area contributed by atoms with Crippen molar-refractivity contribution in [3.05, 3.63) is 70.7 Å². The number of carbonyl (C=O) groups is 1. The fourth-order valence-electron chi connectivity index (χ4n) is 3.82. The number of anilines is 2. The van der Waals surface area contributed by atoms with Crippen LogP contribution in [0.4, 0.5) is 11.4 Å². The fourth-order valence-corrected chi connectivity index (χ4v) is 4.08. The molecule has 8 heteroatoms. The van der Waals surface area contributed by atoms with Gasteiger partial charge in [-0.25, -0.2) is 0 Å². The highest BCUT2D eigenvalue weighted by Crippen LogP contribution is 2.26. The fraction of sp³-hybridized carbons (Fsp3) is 0.296. The number of nitrogens with one attached hydrogen (secondary N) is 1. The summed E-state index contributed by atoms with van der Waals surface area (Å²) in [6.45, 7) is 11.6. The lowest BCUT2D eigenvalue weighted by Crippen LogP contribution is -2.42. The van der Waals surface area contributed by atoms with Gasteiger partial charge in [-0.15, -0.1) is 10.2 Å². The minimum atomic E-state index is -1.07. The van der Waals surface area contributed by atoms with Gasteiger partial charge >= 0.3 is 0 Å². The molecule has 35 heavy (non-hydrogen) atoms. The van der Waals surface area contributed by atoms with E-state index in [1.54, 1.807) is 18.6 Å². The lowest BCUT2D eigenvalue weighted by Gasteiger charge is -2.25. The van der Waals surface area contributed by atoms with Gasteiger partial charge in [-0.05, 0) is 101 Å². The van der Waals surface area contributed by atoms with Gasteiger partial charge in [-0.3, -0.25) is 4.79 Å². The zero-order chi connectivity index (χ0) is 25.2. The average Bonchev–Trinajstić information content (AvgIpc) is 3.24. The van der Waals surface area contributed by atoms with Crippen LogP contribution in [0.3, 0.4) is 0 Å². The first-order valence-corrected chi connectivity index (χ1v) is 12.5. The normalized spacial score (nSPS) is 11.5. The summed E-state index contributed by atoms with van der Waals surface area (Å²) in [4.78, 5) is 17.0. The van der Waals surface area contributed by atoms with E-state index in [1.165, 1.54) is 5.69 Å². The van der Waals surface area contributed by atoms with Crippen LogP contribution >= 0.6 is 15.9 Å². The van der Waals surface area contributed by atoms with E-state index in [2.05, 4.69) is 62.3 Å². The molecule has 4 rings (SSSR count). The molecule has 1 heterocycles. The maximum absolute atomic E-state index is 13.1. The second kappa shape index (κ2) is 10.1. The van der Waals surface area contributed by atoms with Crippen molar-refractivity contribution in [2.45, 2.75) is 40.2 Å². The Hall–Kier alpha value is -3.39. The van der Waals surface area contributed by atoms with E-state index in [0.717, 1.165) is 34.3 Å². The number of amides is 1. The summed E-state index contributed by atoms with van der Waals surface area (Å²) in [6, 6.07) is 19.4. The Balaban J connectivity index is 1.54. The number of aryl methyl sites for hydroxylation is 1. The Bertz CT molecular complexity index is 1330. The van der Waals surface area contributed by atoms with Gasteiger partial charge in [0.1, 0.15) is 16.8 Å². The average molecular weight is 536 g/mol. The Kier molecular flexibility index (Phi) is 7.12. The maximum atomic E-state index is 13.1. The van der Waals surface area contributed by atoms with Gasteiger partial charge in [-0.2, -0.15) is 4.80 Å². The van der Waals surface area contributed by atoms with Crippen molar-refractivity contribution in [1.82, 2.24) is 15.0 Å². The SMILES string of the molecule is CCN(CC)c1ccc(-n2nc3cc(C)c(NC(=O)C(C)(C)Oc4ccc(Br)cc4)cc3n2)cc1. The van der Waals surface area contributed by atoms with E-state index >= 15 is 0 Å². The highest BCUT2D eigenvalue weighted by molar-refractivity contribution is 9.10. The number of benzene rings is 3. The van der Waals surface area contributed by atoms with Crippen molar-refractivity contribution >= 4 is 44.2 Å². The van der Waals surface area contributed by atoms with Gasteiger partial charge < -0.3 is 15.0 Å². The molecule has 0 fully saturated rings. The number of nitrogens with zero attached hydrogens (tertiary/aromatic N) is 4. The molecule has 0 aliphatic rings. The minimum Gasteiger partial charge on any atom is -0.478 e. The van der Waals surface area contributed by atoms with Crippen molar-refractivity contribution in [3.8, 4) is 11.4 Å². The van der Waals surface area contributed by atoms with Crippen LogP contribution in [0, 0.1) is 6.92 Å². The van der Waals surface area contributed by atoms with Gasteiger partial charge in [0, 0.05) is 28.9 Å². The molecule has 0 aliphatic carbocycles. The first-order valence-electron chi connectivity index (χ1n) is 11.7. The predicted molar refractivity (Wildman–Crippen MR) is 145 cm³/mol. The molecular formula is C27H30BrN5O2. The maximum Gasteiger partial charge on any atom is 0.267 e. The van der Waals surface area contributed by atoms with Gasteiger partial charge in [0.15, 0.2) is 5.60 Å². The molecule has 0 saturated heterocycles. The summed E-state index contributed by atoms with van der Waals surface area (Å²) < 4.78 is 6.90. The highest BCUT2D eigenvalue weighted by Gasteiger charge is 2.30. The van der Waals surface area contributed by atoms with Crippen molar-refractivity contribution in [2.75, 3.05) is 23.3 Å². The van der Waals surface area contributed by atoms with Crippen molar-refractivity contribution < 1.29 is 9.53 Å². The molecule has 0 radical (unpaired) electrons. The van der Waals surface area contributed by atoms with Crippen LogP contribution in [0.5, 0.6) is 5.75 Å². The minimum absolute atomic E-state index is 0.248. The van der Waals surface area contributed by atoms with E-state index in [1.807, 2.05) is 55.5 Å². The van der Waals surface area contributed by atoms with Crippen LogP contribution in [-0.2, 0) is 4.79 Å². The number of aromatic nitrogens is 3. The van der Waals surface area contributed by atoms with Crippen LogP contribution in [0.1, 0.15) is 33.3 Å². The summed E-state index contributed by atoms with van der Waals surface area (Å²) >= 11 is 3.41. The quantitative estimate of drug-likeness (QED) is 0.293. The van der Waals surface area contributed by atoms with Crippen molar-refractivity contribution in [1.29, 1.82) is 0 Å².